The van der Waals surface area contributed by atoms with E-state index in [1.165, 1.54) is 0 Å². The number of aliphatic carboxylic acids is 1. The molecule has 0 spiro atoms. The SMILES string of the molecule is CC(C)(C)C[C@@H]1C=C(C(=O)O)C1. The van der Waals surface area contributed by atoms with Gasteiger partial charge in [0.15, 0.2) is 0 Å². The molecule has 0 bridgehead atoms. The molecule has 12 heavy (non-hydrogen) atoms. The van der Waals surface area contributed by atoms with Gasteiger partial charge < -0.3 is 5.11 Å². The van der Waals surface area contributed by atoms with Crippen LogP contribution >= 0.6 is 0 Å². The summed E-state index contributed by atoms with van der Waals surface area (Å²) in [5.41, 5.74) is 0.898. The van der Waals surface area contributed by atoms with E-state index >= 15 is 0 Å². The standard InChI is InChI=1S/C10H16O2/c1-10(2,3)6-7-4-8(5-7)9(11)12/h4,7H,5-6H2,1-3H3,(H,11,12)/t7-/m1/s1. The molecular formula is C10H16O2. The maximum atomic E-state index is 10.4. The lowest BCUT2D eigenvalue weighted by Gasteiger charge is -2.29. The van der Waals surface area contributed by atoms with Crippen molar-refractivity contribution in [3.05, 3.63) is 11.6 Å². The molecule has 0 saturated heterocycles. The number of carbonyl (C=O) groups is 1. The van der Waals surface area contributed by atoms with Gasteiger partial charge in [-0.3, -0.25) is 0 Å². The monoisotopic (exact) mass is 168 g/mol. The van der Waals surface area contributed by atoms with Crippen LogP contribution < -0.4 is 0 Å². The van der Waals surface area contributed by atoms with Crippen molar-refractivity contribution in [3.8, 4) is 0 Å². The van der Waals surface area contributed by atoms with E-state index in [1.54, 1.807) is 0 Å². The van der Waals surface area contributed by atoms with Crippen molar-refractivity contribution in [2.24, 2.45) is 11.3 Å². The van der Waals surface area contributed by atoms with Gasteiger partial charge in [0.2, 0.25) is 0 Å². The Morgan fingerprint density at radius 3 is 2.50 bits per heavy atom. The molecule has 0 unspecified atom stereocenters. The predicted molar refractivity (Wildman–Crippen MR) is 47.9 cm³/mol. The van der Waals surface area contributed by atoms with E-state index in [0.29, 0.717) is 16.9 Å². The Hall–Kier alpha value is -0.790. The van der Waals surface area contributed by atoms with Gasteiger partial charge >= 0.3 is 5.97 Å². The third kappa shape index (κ3) is 2.36. The van der Waals surface area contributed by atoms with Crippen LogP contribution in [0.4, 0.5) is 0 Å². The molecule has 0 fully saturated rings. The van der Waals surface area contributed by atoms with Gasteiger partial charge in [0.1, 0.15) is 0 Å². The van der Waals surface area contributed by atoms with Gasteiger partial charge in [0.05, 0.1) is 0 Å². The first-order chi connectivity index (χ1) is 5.38. The van der Waals surface area contributed by atoms with Crippen molar-refractivity contribution in [2.75, 3.05) is 0 Å². The van der Waals surface area contributed by atoms with E-state index < -0.39 is 5.97 Å². The predicted octanol–water partition coefficient (Wildman–Crippen LogP) is 2.45. The highest BCUT2D eigenvalue weighted by molar-refractivity contribution is 5.88. The second kappa shape index (κ2) is 2.92. The summed E-state index contributed by atoms with van der Waals surface area (Å²) in [6.45, 7) is 6.54. The molecule has 0 radical (unpaired) electrons. The summed E-state index contributed by atoms with van der Waals surface area (Å²) in [4.78, 5) is 10.4. The van der Waals surface area contributed by atoms with Gasteiger partial charge in [-0.05, 0) is 24.2 Å². The lowest BCUT2D eigenvalue weighted by Crippen LogP contribution is -2.21. The highest BCUT2D eigenvalue weighted by Gasteiger charge is 2.27. The molecule has 0 aromatic heterocycles. The number of rotatable bonds is 2. The van der Waals surface area contributed by atoms with Crippen molar-refractivity contribution in [2.45, 2.75) is 33.6 Å². The van der Waals surface area contributed by atoms with Gasteiger partial charge in [-0.25, -0.2) is 4.79 Å². The number of allylic oxidation sites excluding steroid dienone is 1. The van der Waals surface area contributed by atoms with Gasteiger partial charge in [0.25, 0.3) is 0 Å². The first-order valence-electron chi connectivity index (χ1n) is 4.32. The first kappa shape index (κ1) is 9.30. The van der Waals surface area contributed by atoms with Crippen LogP contribution in [-0.2, 0) is 4.79 Å². The third-order valence-corrected chi connectivity index (χ3v) is 2.07. The summed E-state index contributed by atoms with van der Waals surface area (Å²) in [6.07, 6.45) is 3.73. The molecule has 68 valence electrons. The number of carboxylic acids is 1. The average Bonchev–Trinajstić information content (AvgIpc) is 1.74. The van der Waals surface area contributed by atoms with Crippen molar-refractivity contribution >= 4 is 5.97 Å². The van der Waals surface area contributed by atoms with E-state index in [0.717, 1.165) is 12.8 Å². The van der Waals surface area contributed by atoms with Crippen molar-refractivity contribution in [1.29, 1.82) is 0 Å². The molecule has 1 N–H and O–H groups in total. The van der Waals surface area contributed by atoms with Crippen molar-refractivity contribution < 1.29 is 9.90 Å². The highest BCUT2D eigenvalue weighted by atomic mass is 16.4. The van der Waals surface area contributed by atoms with E-state index in [4.69, 9.17) is 5.11 Å². The molecule has 1 aliphatic carbocycles. The van der Waals surface area contributed by atoms with E-state index in [9.17, 15) is 4.79 Å². The molecule has 0 aliphatic heterocycles. The molecule has 0 aromatic carbocycles. The molecule has 0 amide bonds. The fourth-order valence-electron chi connectivity index (χ4n) is 1.61. The fraction of sp³-hybridized carbons (Fsp3) is 0.700. The van der Waals surface area contributed by atoms with Crippen LogP contribution in [0.25, 0.3) is 0 Å². The first-order valence-corrected chi connectivity index (χ1v) is 4.32. The Bertz CT molecular complexity index is 220. The quantitative estimate of drug-likeness (QED) is 0.687. The highest BCUT2D eigenvalue weighted by Crippen LogP contribution is 2.35. The van der Waals surface area contributed by atoms with Crippen LogP contribution in [0.15, 0.2) is 11.6 Å². The molecule has 2 nitrogen and oxygen atoms in total. The van der Waals surface area contributed by atoms with Crippen LogP contribution in [-0.4, -0.2) is 11.1 Å². The summed E-state index contributed by atoms with van der Waals surface area (Å²) < 4.78 is 0. The Morgan fingerprint density at radius 1 is 1.67 bits per heavy atom. The minimum Gasteiger partial charge on any atom is -0.478 e. The van der Waals surface area contributed by atoms with Gasteiger partial charge in [-0.2, -0.15) is 0 Å². The molecule has 2 heteroatoms. The molecule has 1 atom stereocenters. The Kier molecular flexibility index (Phi) is 2.27. The number of hydrogen-bond donors (Lipinski definition) is 1. The summed E-state index contributed by atoms with van der Waals surface area (Å²) >= 11 is 0. The van der Waals surface area contributed by atoms with Gasteiger partial charge in [-0.15, -0.1) is 0 Å². The lowest BCUT2D eigenvalue weighted by atomic mass is 9.76. The summed E-state index contributed by atoms with van der Waals surface area (Å²) in [5.74, 6) is -0.253. The van der Waals surface area contributed by atoms with Crippen molar-refractivity contribution in [1.82, 2.24) is 0 Å². The van der Waals surface area contributed by atoms with Crippen LogP contribution in [0.3, 0.4) is 0 Å². The summed E-state index contributed by atoms with van der Waals surface area (Å²) in [7, 11) is 0. The van der Waals surface area contributed by atoms with Crippen LogP contribution in [0.1, 0.15) is 33.6 Å². The molecular weight excluding hydrogens is 152 g/mol. The Labute approximate surface area is 73.3 Å². The summed E-state index contributed by atoms with van der Waals surface area (Å²) in [6, 6.07) is 0. The molecule has 0 saturated carbocycles. The largest absolute Gasteiger partial charge is 0.478 e. The van der Waals surface area contributed by atoms with E-state index in [2.05, 4.69) is 20.8 Å². The van der Waals surface area contributed by atoms with Crippen LogP contribution in [0.5, 0.6) is 0 Å². The topological polar surface area (TPSA) is 37.3 Å². The third-order valence-electron chi connectivity index (χ3n) is 2.07. The van der Waals surface area contributed by atoms with Gasteiger partial charge in [-0.1, -0.05) is 26.8 Å². The smallest absolute Gasteiger partial charge is 0.331 e. The van der Waals surface area contributed by atoms with Crippen LogP contribution in [0, 0.1) is 11.3 Å². The average molecular weight is 168 g/mol. The molecule has 0 heterocycles. The van der Waals surface area contributed by atoms with Gasteiger partial charge in [0, 0.05) is 5.57 Å². The zero-order chi connectivity index (χ0) is 9.35. The molecule has 0 aromatic rings. The maximum Gasteiger partial charge on any atom is 0.331 e. The molecule has 1 aliphatic rings. The zero-order valence-electron chi connectivity index (χ0n) is 7.92. The van der Waals surface area contributed by atoms with Crippen molar-refractivity contribution in [3.63, 3.8) is 0 Å². The second-order valence-electron chi connectivity index (χ2n) is 4.73. The maximum absolute atomic E-state index is 10.4. The minimum atomic E-state index is -0.750. The van der Waals surface area contributed by atoms with E-state index in [-0.39, 0.29) is 0 Å². The number of carboxylic acid groups (broad SMARTS) is 1. The fourth-order valence-corrected chi connectivity index (χ4v) is 1.61. The Morgan fingerprint density at radius 2 is 2.17 bits per heavy atom. The molecule has 1 rings (SSSR count). The van der Waals surface area contributed by atoms with E-state index in [1.807, 2.05) is 6.08 Å². The normalized spacial score (nSPS) is 22.9. The zero-order valence-corrected chi connectivity index (χ0v) is 7.92. The summed E-state index contributed by atoms with van der Waals surface area (Å²) in [5, 5.41) is 8.58. The Balaban J connectivity index is 2.40. The second-order valence-corrected chi connectivity index (χ2v) is 4.73. The van der Waals surface area contributed by atoms with Crippen LogP contribution in [0.2, 0.25) is 0 Å². The number of hydrogen-bond acceptors (Lipinski definition) is 1. The minimum absolute atomic E-state index is 0.311. The lowest BCUT2D eigenvalue weighted by molar-refractivity contribution is -0.133.